The number of halogens is 1. The maximum Gasteiger partial charge on any atom is 0.252 e. The van der Waals surface area contributed by atoms with Crippen molar-refractivity contribution in [2.75, 3.05) is 6.61 Å². The number of hydrogen-bond acceptors (Lipinski definition) is 2. The van der Waals surface area contributed by atoms with Gasteiger partial charge in [-0.2, -0.15) is 0 Å². The quantitative estimate of drug-likeness (QED) is 0.822. The Morgan fingerprint density at radius 1 is 1.38 bits per heavy atom. The molecule has 2 rings (SSSR count). The van der Waals surface area contributed by atoms with E-state index in [1.807, 2.05) is 6.92 Å². The fourth-order valence-corrected chi connectivity index (χ4v) is 2.75. The van der Waals surface area contributed by atoms with Crippen molar-refractivity contribution in [3.05, 3.63) is 35.1 Å². The first-order valence-electron chi connectivity index (χ1n) is 7.26. The Morgan fingerprint density at radius 3 is 2.76 bits per heavy atom. The Labute approximate surface area is 124 Å². The van der Waals surface area contributed by atoms with Crippen LogP contribution in [0.25, 0.3) is 0 Å². The second-order valence-electron chi connectivity index (χ2n) is 5.73. The van der Waals surface area contributed by atoms with Crippen molar-refractivity contribution >= 4 is 5.91 Å². The number of nitrogens with one attached hydrogen (secondary N) is 1. The van der Waals surface area contributed by atoms with Gasteiger partial charge in [-0.3, -0.25) is 4.79 Å². The van der Waals surface area contributed by atoms with Crippen LogP contribution >= 0.6 is 0 Å². The van der Waals surface area contributed by atoms with Gasteiger partial charge in [0.1, 0.15) is 12.4 Å². The third-order valence-electron chi connectivity index (χ3n) is 3.90. The van der Waals surface area contributed by atoms with Gasteiger partial charge in [0.05, 0.1) is 5.56 Å². The first kappa shape index (κ1) is 15.5. The molecule has 0 spiro atoms. The Balaban J connectivity index is 2.22. The number of rotatable bonds is 2. The van der Waals surface area contributed by atoms with Crippen molar-refractivity contribution < 1.29 is 14.3 Å². The first-order valence-corrected chi connectivity index (χ1v) is 7.26. The molecule has 4 heteroatoms. The number of carbonyl (C=O) groups excluding carboxylic acids is 1. The monoisotopic (exact) mass is 289 g/mol. The first-order chi connectivity index (χ1) is 10.0. The highest BCUT2D eigenvalue weighted by atomic mass is 19.1. The molecule has 0 unspecified atom stereocenters. The van der Waals surface area contributed by atoms with E-state index in [0.29, 0.717) is 11.1 Å². The summed E-state index contributed by atoms with van der Waals surface area (Å²) in [6.45, 7) is 1.72. The zero-order valence-electron chi connectivity index (χ0n) is 12.2. The molecule has 1 aliphatic rings. The minimum Gasteiger partial charge on any atom is -0.384 e. The maximum atomic E-state index is 13.3. The average Bonchev–Trinajstić information content (AvgIpc) is 2.45. The Morgan fingerprint density at radius 2 is 2.10 bits per heavy atom. The van der Waals surface area contributed by atoms with Crippen LogP contribution in [-0.2, 0) is 0 Å². The minimum atomic E-state index is -0.447. The van der Waals surface area contributed by atoms with Gasteiger partial charge in [0.15, 0.2) is 0 Å². The SMILES string of the molecule is CC1(NC(=O)c2ccc(F)cc2C#CCO)CCCCC1. The topological polar surface area (TPSA) is 49.3 Å². The van der Waals surface area contributed by atoms with Crippen LogP contribution in [0.2, 0.25) is 0 Å². The molecule has 1 amide bonds. The Hall–Kier alpha value is -1.86. The lowest BCUT2D eigenvalue weighted by Gasteiger charge is -2.34. The van der Waals surface area contributed by atoms with Crippen LogP contribution in [0.5, 0.6) is 0 Å². The van der Waals surface area contributed by atoms with E-state index in [1.54, 1.807) is 0 Å². The molecular weight excluding hydrogens is 269 g/mol. The molecule has 0 aliphatic heterocycles. The van der Waals surface area contributed by atoms with E-state index in [1.165, 1.54) is 24.6 Å². The summed E-state index contributed by atoms with van der Waals surface area (Å²) in [5.74, 6) is 4.41. The number of amides is 1. The van der Waals surface area contributed by atoms with Crippen molar-refractivity contribution in [3.8, 4) is 11.8 Å². The van der Waals surface area contributed by atoms with E-state index in [9.17, 15) is 9.18 Å². The van der Waals surface area contributed by atoms with Gasteiger partial charge in [-0.15, -0.1) is 0 Å². The summed E-state index contributed by atoms with van der Waals surface area (Å²) in [4.78, 5) is 12.4. The van der Waals surface area contributed by atoms with Gasteiger partial charge < -0.3 is 10.4 Å². The number of aliphatic hydroxyl groups excluding tert-OH is 1. The summed E-state index contributed by atoms with van der Waals surface area (Å²) in [6.07, 6.45) is 5.33. The second-order valence-corrected chi connectivity index (χ2v) is 5.73. The van der Waals surface area contributed by atoms with Gasteiger partial charge in [-0.1, -0.05) is 31.1 Å². The van der Waals surface area contributed by atoms with Crippen LogP contribution in [0.3, 0.4) is 0 Å². The number of hydrogen-bond donors (Lipinski definition) is 2. The van der Waals surface area contributed by atoms with Gasteiger partial charge in [-0.05, 0) is 38.0 Å². The fourth-order valence-electron chi connectivity index (χ4n) is 2.75. The smallest absolute Gasteiger partial charge is 0.252 e. The second kappa shape index (κ2) is 6.73. The summed E-state index contributed by atoms with van der Waals surface area (Å²) < 4.78 is 13.3. The lowest BCUT2D eigenvalue weighted by atomic mass is 9.83. The molecule has 0 aromatic heterocycles. The van der Waals surface area contributed by atoms with Crippen molar-refractivity contribution in [3.63, 3.8) is 0 Å². The van der Waals surface area contributed by atoms with Crippen LogP contribution in [-0.4, -0.2) is 23.2 Å². The number of benzene rings is 1. The summed E-state index contributed by atoms with van der Waals surface area (Å²) in [5, 5.41) is 11.8. The standard InChI is InChI=1S/C17H20FNO2/c1-17(9-3-2-4-10-17)19-16(21)15-8-7-14(18)12-13(15)6-5-11-20/h7-8,12,20H,2-4,9-11H2,1H3,(H,19,21). The predicted octanol–water partition coefficient (Wildman–Crippen LogP) is 2.62. The molecule has 0 heterocycles. The van der Waals surface area contributed by atoms with E-state index in [4.69, 9.17) is 5.11 Å². The number of aliphatic hydroxyl groups is 1. The summed E-state index contributed by atoms with van der Waals surface area (Å²) in [7, 11) is 0. The zero-order valence-corrected chi connectivity index (χ0v) is 12.2. The van der Waals surface area contributed by atoms with Crippen molar-refractivity contribution in [2.45, 2.75) is 44.6 Å². The molecular formula is C17H20FNO2. The van der Waals surface area contributed by atoms with Crippen molar-refractivity contribution in [1.29, 1.82) is 0 Å². The molecule has 112 valence electrons. The zero-order chi connectivity index (χ0) is 15.3. The van der Waals surface area contributed by atoms with Gasteiger partial charge in [0.25, 0.3) is 5.91 Å². The largest absolute Gasteiger partial charge is 0.384 e. The van der Waals surface area contributed by atoms with E-state index in [0.717, 1.165) is 25.7 Å². The molecule has 0 bridgehead atoms. The summed E-state index contributed by atoms with van der Waals surface area (Å²) >= 11 is 0. The highest BCUT2D eigenvalue weighted by Gasteiger charge is 2.29. The van der Waals surface area contributed by atoms with Gasteiger partial charge in [-0.25, -0.2) is 4.39 Å². The van der Waals surface area contributed by atoms with Crippen LogP contribution in [0, 0.1) is 17.7 Å². The molecule has 1 aromatic rings. The van der Waals surface area contributed by atoms with Gasteiger partial charge in [0.2, 0.25) is 0 Å². The lowest BCUT2D eigenvalue weighted by Crippen LogP contribution is -2.47. The molecule has 0 radical (unpaired) electrons. The minimum absolute atomic E-state index is 0.203. The van der Waals surface area contributed by atoms with E-state index in [2.05, 4.69) is 17.2 Å². The fraction of sp³-hybridized carbons (Fsp3) is 0.471. The van der Waals surface area contributed by atoms with E-state index in [-0.39, 0.29) is 18.1 Å². The molecule has 1 aromatic carbocycles. The highest BCUT2D eigenvalue weighted by molar-refractivity contribution is 5.97. The Kier molecular flexibility index (Phi) is 4.98. The van der Waals surface area contributed by atoms with Gasteiger partial charge in [0, 0.05) is 11.1 Å². The molecule has 3 nitrogen and oxygen atoms in total. The van der Waals surface area contributed by atoms with E-state index < -0.39 is 5.82 Å². The summed E-state index contributed by atoms with van der Waals surface area (Å²) in [5.41, 5.74) is 0.455. The Bertz CT molecular complexity index is 580. The molecule has 1 saturated carbocycles. The third kappa shape index (κ3) is 4.05. The lowest BCUT2D eigenvalue weighted by molar-refractivity contribution is 0.0882. The third-order valence-corrected chi connectivity index (χ3v) is 3.90. The molecule has 21 heavy (non-hydrogen) atoms. The summed E-state index contributed by atoms with van der Waals surface area (Å²) in [6, 6.07) is 3.92. The normalized spacial score (nSPS) is 16.7. The molecule has 0 atom stereocenters. The average molecular weight is 289 g/mol. The maximum absolute atomic E-state index is 13.3. The van der Waals surface area contributed by atoms with E-state index >= 15 is 0 Å². The van der Waals surface area contributed by atoms with Crippen LogP contribution in [0.15, 0.2) is 18.2 Å². The predicted molar refractivity (Wildman–Crippen MR) is 79.3 cm³/mol. The highest BCUT2D eigenvalue weighted by Crippen LogP contribution is 2.28. The molecule has 2 N–H and O–H groups in total. The van der Waals surface area contributed by atoms with Crippen LogP contribution < -0.4 is 5.32 Å². The molecule has 1 aliphatic carbocycles. The molecule has 0 saturated heterocycles. The van der Waals surface area contributed by atoms with Gasteiger partial charge >= 0.3 is 0 Å². The van der Waals surface area contributed by atoms with Crippen molar-refractivity contribution in [2.24, 2.45) is 0 Å². The molecule has 1 fully saturated rings. The van der Waals surface area contributed by atoms with Crippen molar-refractivity contribution in [1.82, 2.24) is 5.32 Å². The van der Waals surface area contributed by atoms with Crippen LogP contribution in [0.4, 0.5) is 4.39 Å². The number of carbonyl (C=O) groups is 1. The van der Waals surface area contributed by atoms with Crippen LogP contribution in [0.1, 0.15) is 54.9 Å².